The molecular weight excluding hydrogens is 580 g/mol. The molecule has 0 bridgehead atoms. The summed E-state index contributed by atoms with van der Waals surface area (Å²) in [7, 11) is -5.04. The molecule has 2 heterocycles. The van der Waals surface area contributed by atoms with Gasteiger partial charge in [-0.2, -0.15) is 14.5 Å². The third kappa shape index (κ3) is 8.64. The molecule has 4 rings (SSSR count). The first-order chi connectivity index (χ1) is 22.8. The molecule has 0 saturated heterocycles. The van der Waals surface area contributed by atoms with E-state index in [1.807, 2.05) is 0 Å². The Morgan fingerprint density at radius 2 is 1.19 bits per heavy atom. The largest absolute Gasteiger partial charge is 0.497 e. The van der Waals surface area contributed by atoms with Crippen LogP contribution in [0.3, 0.4) is 0 Å². The van der Waals surface area contributed by atoms with Crippen LogP contribution < -0.4 is 14.6 Å². The van der Waals surface area contributed by atoms with E-state index in [4.69, 9.17) is 25.6 Å². The van der Waals surface area contributed by atoms with E-state index in [9.17, 15) is 16.8 Å². The van der Waals surface area contributed by atoms with Gasteiger partial charge >= 0.3 is 0 Å². The van der Waals surface area contributed by atoms with Crippen molar-refractivity contribution in [3.05, 3.63) is 84.2 Å². The summed E-state index contributed by atoms with van der Waals surface area (Å²) in [6.45, 7) is -2.97. The monoisotopic (exact) mass is 626 g/mol. The summed E-state index contributed by atoms with van der Waals surface area (Å²) in [5.41, 5.74) is 1.45. The maximum atomic E-state index is 13.6. The third-order valence-electron chi connectivity index (χ3n) is 5.75. The van der Waals surface area contributed by atoms with Crippen LogP contribution in [0.2, 0.25) is 0 Å². The van der Waals surface area contributed by atoms with Gasteiger partial charge in [-0.25, -0.2) is 22.0 Å². The zero-order valence-electron chi connectivity index (χ0n) is 31.4. The highest BCUT2D eigenvalue weighted by molar-refractivity contribution is 7.89. The number of hydrogen-bond acceptors (Lipinski definition) is 8. The number of primary sulfonamides is 1. The molecule has 2 aromatic carbocycles. The highest BCUT2D eigenvalue weighted by Crippen LogP contribution is 2.23. The molecule has 42 heavy (non-hydrogen) atoms. The van der Waals surface area contributed by atoms with E-state index < -0.39 is 50.8 Å². The Balaban J connectivity index is 0.000000354. The second-order valence-electron chi connectivity index (χ2n) is 8.88. The van der Waals surface area contributed by atoms with Crippen molar-refractivity contribution in [2.24, 2.45) is 5.14 Å². The van der Waals surface area contributed by atoms with Gasteiger partial charge in [0.1, 0.15) is 11.5 Å². The lowest BCUT2D eigenvalue weighted by Crippen LogP contribution is -2.30. The van der Waals surface area contributed by atoms with Gasteiger partial charge in [-0.05, 0) is 75.1 Å². The number of hydrogen-bond donors (Lipinski definition) is 1. The van der Waals surface area contributed by atoms with Crippen molar-refractivity contribution >= 4 is 20.0 Å². The van der Waals surface area contributed by atoms with Gasteiger partial charge in [0.25, 0.3) is 20.0 Å². The van der Waals surface area contributed by atoms with Crippen LogP contribution >= 0.6 is 0 Å². The first kappa shape index (κ1) is 22.8. The van der Waals surface area contributed by atoms with Gasteiger partial charge in [-0.15, -0.1) is 0 Å². The molecule has 0 aliphatic rings. The average molecular weight is 627 g/mol. The molecule has 0 radical (unpaired) electrons. The van der Waals surface area contributed by atoms with Gasteiger partial charge in [-0.3, -0.25) is 9.36 Å². The Hall–Kier alpha value is -3.72. The number of aromatic nitrogens is 4. The normalized spacial score (nSPS) is 18.1. The Morgan fingerprint density at radius 1 is 0.786 bits per heavy atom. The third-order valence-corrected chi connectivity index (χ3v) is 8.23. The maximum Gasteiger partial charge on any atom is 0.262 e. The molecule has 4 aromatic rings. The van der Waals surface area contributed by atoms with Gasteiger partial charge in [0, 0.05) is 45.7 Å². The standard InChI is InChI=1S/C22H27N3O4S.C6H11N3O2S/c1-17(2)25-14-13-22(23-25)30(26,27)24(15-18-5-9-20(28-3)10-6-18)16-19-7-11-21(29-4)12-8-19;1-5(2)9-4-3-6(8-9)12(7,10)11/h5-14,17H,15-16H2,1-4H3;3-5H,1-2H3,(H2,7,10,11)/i1D3,17D;1D3,5D. The van der Waals surface area contributed by atoms with Crippen molar-refractivity contribution in [3.8, 4) is 11.5 Å². The van der Waals surface area contributed by atoms with Crippen molar-refractivity contribution in [1.29, 1.82) is 0 Å². The fraction of sp³-hybridized carbons (Fsp3) is 0.357. The lowest BCUT2D eigenvalue weighted by atomic mass is 10.2. The molecule has 14 heteroatoms. The second kappa shape index (κ2) is 14.0. The molecule has 0 fully saturated rings. The van der Waals surface area contributed by atoms with E-state index in [1.165, 1.54) is 16.6 Å². The molecule has 0 aliphatic carbocycles. The highest BCUT2D eigenvalue weighted by atomic mass is 32.2. The molecule has 0 amide bonds. The fourth-order valence-corrected chi connectivity index (χ4v) is 5.28. The van der Waals surface area contributed by atoms with Crippen LogP contribution in [0.4, 0.5) is 0 Å². The molecule has 2 aromatic heterocycles. The van der Waals surface area contributed by atoms with E-state index in [0.29, 0.717) is 11.5 Å². The highest BCUT2D eigenvalue weighted by Gasteiger charge is 2.28. The first-order valence-corrected chi connectivity index (χ1v) is 15.2. The molecule has 0 spiro atoms. The molecular formula is C28H38N6O6S2. The van der Waals surface area contributed by atoms with Crippen LogP contribution in [0.1, 0.15) is 61.7 Å². The zero-order valence-corrected chi connectivity index (χ0v) is 25.1. The molecule has 228 valence electrons. The number of sulfonamides is 2. The van der Waals surface area contributed by atoms with E-state index in [0.717, 1.165) is 46.6 Å². The molecule has 12 nitrogen and oxygen atoms in total. The van der Waals surface area contributed by atoms with Gasteiger partial charge in [-0.1, -0.05) is 24.3 Å². The minimum atomic E-state index is -4.14. The average Bonchev–Trinajstić information content (AvgIpc) is 3.73. The summed E-state index contributed by atoms with van der Waals surface area (Å²) in [6.07, 6.45) is 2.30. The topological polar surface area (TPSA) is 152 Å². The van der Waals surface area contributed by atoms with Crippen LogP contribution in [-0.2, 0) is 33.1 Å². The minimum Gasteiger partial charge on any atom is -0.497 e. The SMILES string of the molecule is [2H]C([2H])([2H])C([2H])(C)n1ccc(S(=O)(=O)N(Cc2ccc(OC)cc2)Cc2ccc(OC)cc2)n1.[2H]C([2H])([2H])C([2H])(C)n1ccc(S(N)(=O)=O)n1. The Morgan fingerprint density at radius 3 is 1.55 bits per heavy atom. The van der Waals surface area contributed by atoms with E-state index >= 15 is 0 Å². The number of nitrogens with two attached hydrogens (primary N) is 1. The Bertz CT molecular complexity index is 1910. The number of methoxy groups -OCH3 is 2. The summed E-state index contributed by atoms with van der Waals surface area (Å²) in [4.78, 5) is 0. The van der Waals surface area contributed by atoms with Gasteiger partial charge in [0.15, 0.2) is 10.1 Å². The lowest BCUT2D eigenvalue weighted by Gasteiger charge is -2.22. The van der Waals surface area contributed by atoms with Crippen molar-refractivity contribution in [1.82, 2.24) is 23.9 Å². The van der Waals surface area contributed by atoms with Gasteiger partial charge < -0.3 is 9.47 Å². The van der Waals surface area contributed by atoms with Crippen LogP contribution in [-0.4, -0.2) is 54.9 Å². The quantitative estimate of drug-likeness (QED) is 0.263. The van der Waals surface area contributed by atoms with Gasteiger partial charge in [0.2, 0.25) is 0 Å². The number of benzene rings is 2. The smallest absolute Gasteiger partial charge is 0.262 e. The second-order valence-corrected chi connectivity index (χ2v) is 12.3. The number of nitrogens with zero attached hydrogens (tertiary/aromatic N) is 5. The van der Waals surface area contributed by atoms with Crippen molar-refractivity contribution in [2.75, 3.05) is 14.2 Å². The van der Waals surface area contributed by atoms with Crippen molar-refractivity contribution in [3.63, 3.8) is 0 Å². The Labute approximate surface area is 259 Å². The summed E-state index contributed by atoms with van der Waals surface area (Å²) in [5, 5.41) is 11.5. The summed E-state index contributed by atoms with van der Waals surface area (Å²) in [5.74, 6) is 1.29. The molecule has 0 saturated carbocycles. The first-order valence-electron chi connectivity index (χ1n) is 16.3. The number of ether oxygens (including phenoxy) is 2. The van der Waals surface area contributed by atoms with Crippen LogP contribution in [0.25, 0.3) is 0 Å². The molecule has 2 N–H and O–H groups in total. The predicted octanol–water partition coefficient (Wildman–Crippen LogP) is 3.98. The van der Waals surface area contributed by atoms with E-state index in [2.05, 4.69) is 10.2 Å². The van der Waals surface area contributed by atoms with E-state index in [-0.39, 0.29) is 18.1 Å². The van der Waals surface area contributed by atoms with Crippen LogP contribution in [0.5, 0.6) is 11.5 Å². The number of rotatable bonds is 11. The minimum absolute atomic E-state index is 0.0443. The molecule has 2 atom stereocenters. The summed E-state index contributed by atoms with van der Waals surface area (Å²) in [6, 6.07) is 12.1. The van der Waals surface area contributed by atoms with E-state index in [1.54, 1.807) is 62.8 Å². The van der Waals surface area contributed by atoms with Crippen LogP contribution in [0, 0.1) is 0 Å². The fourth-order valence-electron chi connectivity index (χ4n) is 3.50. The van der Waals surface area contributed by atoms with Crippen LogP contribution in [0.15, 0.2) is 83.1 Å². The maximum absolute atomic E-state index is 13.6. The predicted molar refractivity (Wildman–Crippen MR) is 159 cm³/mol. The van der Waals surface area contributed by atoms with Crippen molar-refractivity contribution < 1.29 is 37.3 Å². The summed E-state index contributed by atoms with van der Waals surface area (Å²) < 4.78 is 122. The zero-order chi connectivity index (χ0) is 37.9. The molecule has 0 aliphatic heterocycles. The lowest BCUT2D eigenvalue weighted by molar-refractivity contribution is 0.394. The van der Waals surface area contributed by atoms with Crippen molar-refractivity contribution in [2.45, 2.75) is 62.7 Å². The summed E-state index contributed by atoms with van der Waals surface area (Å²) >= 11 is 0. The Kier molecular flexibility index (Phi) is 7.59. The molecule has 2 unspecified atom stereocenters. The van der Waals surface area contributed by atoms with Gasteiger partial charge in [0.05, 0.1) is 17.0 Å².